The maximum atomic E-state index is 13.1. The highest BCUT2D eigenvalue weighted by Gasteiger charge is 2.20. The van der Waals surface area contributed by atoms with Crippen molar-refractivity contribution < 1.29 is 14.3 Å². The van der Waals surface area contributed by atoms with E-state index in [4.69, 9.17) is 4.74 Å². The summed E-state index contributed by atoms with van der Waals surface area (Å²) in [5.41, 5.74) is 4.05. The van der Waals surface area contributed by atoms with Crippen LogP contribution in [0.4, 0.5) is 5.69 Å². The summed E-state index contributed by atoms with van der Waals surface area (Å²) in [6, 6.07) is 10.7. The molecule has 0 radical (unpaired) electrons. The third kappa shape index (κ3) is 4.06. The van der Waals surface area contributed by atoms with E-state index in [1.54, 1.807) is 24.3 Å². The SMILES string of the molecule is CCCOC(=O)c1cccc(NC(=O)c2c(CCC)nc3c(C)cccn23)c1. The number of aromatic nitrogens is 2. The molecule has 0 atom stereocenters. The lowest BCUT2D eigenvalue weighted by atomic mass is 10.1. The molecule has 0 aliphatic carbocycles. The van der Waals surface area contributed by atoms with Crippen LogP contribution in [0.1, 0.15) is 58.8 Å². The Kier molecular flexibility index (Phi) is 6.09. The van der Waals surface area contributed by atoms with Crippen molar-refractivity contribution in [3.05, 3.63) is 65.1 Å². The molecule has 0 bridgehead atoms. The first kappa shape index (κ1) is 19.6. The van der Waals surface area contributed by atoms with Gasteiger partial charge in [-0.1, -0.05) is 32.4 Å². The Morgan fingerprint density at radius 1 is 1.14 bits per heavy atom. The molecule has 1 N–H and O–H groups in total. The van der Waals surface area contributed by atoms with Crippen molar-refractivity contribution in [3.8, 4) is 0 Å². The van der Waals surface area contributed by atoms with Gasteiger partial charge in [0.1, 0.15) is 11.3 Å². The number of anilines is 1. The lowest BCUT2D eigenvalue weighted by Gasteiger charge is -2.09. The number of carbonyl (C=O) groups excluding carboxylic acids is 2. The zero-order chi connectivity index (χ0) is 20.1. The van der Waals surface area contributed by atoms with E-state index < -0.39 is 5.97 Å². The first-order chi connectivity index (χ1) is 13.5. The first-order valence-electron chi connectivity index (χ1n) is 9.60. The van der Waals surface area contributed by atoms with Crippen molar-refractivity contribution in [1.82, 2.24) is 9.38 Å². The van der Waals surface area contributed by atoms with E-state index in [0.717, 1.165) is 29.7 Å². The molecule has 0 aliphatic rings. The van der Waals surface area contributed by atoms with Crippen molar-refractivity contribution in [3.63, 3.8) is 0 Å². The number of imidazole rings is 1. The minimum absolute atomic E-state index is 0.249. The number of fused-ring (bicyclic) bond motifs is 1. The highest BCUT2D eigenvalue weighted by atomic mass is 16.5. The number of benzene rings is 1. The maximum absolute atomic E-state index is 13.1. The van der Waals surface area contributed by atoms with Crippen LogP contribution in [0.2, 0.25) is 0 Å². The largest absolute Gasteiger partial charge is 0.462 e. The molecule has 2 aromatic heterocycles. The van der Waals surface area contributed by atoms with Crippen LogP contribution in [0.3, 0.4) is 0 Å². The Morgan fingerprint density at radius 3 is 2.71 bits per heavy atom. The van der Waals surface area contributed by atoms with Crippen LogP contribution in [-0.2, 0) is 11.2 Å². The second kappa shape index (κ2) is 8.69. The molecule has 2 heterocycles. The molecule has 6 nitrogen and oxygen atoms in total. The topological polar surface area (TPSA) is 72.7 Å². The Bertz CT molecular complexity index is 1010. The summed E-state index contributed by atoms with van der Waals surface area (Å²) < 4.78 is 6.99. The Morgan fingerprint density at radius 2 is 1.96 bits per heavy atom. The number of nitrogens with zero attached hydrogens (tertiary/aromatic N) is 2. The van der Waals surface area contributed by atoms with Gasteiger partial charge in [0.25, 0.3) is 5.91 Å². The van der Waals surface area contributed by atoms with Crippen LogP contribution in [0, 0.1) is 6.92 Å². The summed E-state index contributed by atoms with van der Waals surface area (Å²) in [5, 5.41) is 2.90. The molecule has 3 rings (SSSR count). The smallest absolute Gasteiger partial charge is 0.338 e. The van der Waals surface area contributed by atoms with E-state index in [9.17, 15) is 9.59 Å². The second-order valence-electron chi connectivity index (χ2n) is 6.71. The molecule has 28 heavy (non-hydrogen) atoms. The van der Waals surface area contributed by atoms with Crippen molar-refractivity contribution in [2.75, 3.05) is 11.9 Å². The summed E-state index contributed by atoms with van der Waals surface area (Å²) in [7, 11) is 0. The zero-order valence-electron chi connectivity index (χ0n) is 16.5. The highest BCUT2D eigenvalue weighted by Crippen LogP contribution is 2.20. The first-order valence-corrected chi connectivity index (χ1v) is 9.60. The van der Waals surface area contributed by atoms with E-state index in [2.05, 4.69) is 17.2 Å². The molecule has 0 fully saturated rings. The summed E-state index contributed by atoms with van der Waals surface area (Å²) in [5.74, 6) is -0.643. The molecule has 0 saturated carbocycles. The number of hydrogen-bond acceptors (Lipinski definition) is 4. The van der Waals surface area contributed by atoms with E-state index in [-0.39, 0.29) is 5.91 Å². The van der Waals surface area contributed by atoms with Gasteiger partial charge >= 0.3 is 5.97 Å². The van der Waals surface area contributed by atoms with Gasteiger partial charge in [-0.15, -0.1) is 0 Å². The molecule has 0 saturated heterocycles. The average Bonchev–Trinajstić information content (AvgIpc) is 3.06. The number of rotatable bonds is 7. The van der Waals surface area contributed by atoms with Crippen LogP contribution in [0.5, 0.6) is 0 Å². The van der Waals surface area contributed by atoms with E-state index in [1.807, 2.05) is 36.6 Å². The van der Waals surface area contributed by atoms with E-state index in [1.165, 1.54) is 0 Å². The molecule has 0 unspecified atom stereocenters. The minimum atomic E-state index is -0.393. The van der Waals surface area contributed by atoms with Gasteiger partial charge in [0.15, 0.2) is 0 Å². The number of nitrogens with one attached hydrogen (secondary N) is 1. The molecular weight excluding hydrogens is 354 g/mol. The van der Waals surface area contributed by atoms with Gasteiger partial charge in [-0.3, -0.25) is 9.20 Å². The molecule has 3 aromatic rings. The number of hydrogen-bond donors (Lipinski definition) is 1. The van der Waals surface area contributed by atoms with Gasteiger partial charge in [0.2, 0.25) is 0 Å². The Hall–Kier alpha value is -3.15. The Balaban J connectivity index is 1.90. The third-order valence-corrected chi connectivity index (χ3v) is 4.41. The molecule has 146 valence electrons. The van der Waals surface area contributed by atoms with Gasteiger partial charge in [-0.2, -0.15) is 0 Å². The lowest BCUT2D eigenvalue weighted by Crippen LogP contribution is -2.17. The quantitative estimate of drug-likeness (QED) is 0.617. The normalized spacial score (nSPS) is 10.8. The van der Waals surface area contributed by atoms with Crippen molar-refractivity contribution in [2.24, 2.45) is 0 Å². The van der Waals surface area contributed by atoms with Gasteiger partial charge in [0.05, 0.1) is 17.9 Å². The monoisotopic (exact) mass is 379 g/mol. The maximum Gasteiger partial charge on any atom is 0.338 e. The van der Waals surface area contributed by atoms with Crippen molar-refractivity contribution in [2.45, 2.75) is 40.0 Å². The van der Waals surface area contributed by atoms with Crippen LogP contribution < -0.4 is 5.32 Å². The number of esters is 1. The van der Waals surface area contributed by atoms with Crippen LogP contribution >= 0.6 is 0 Å². The molecule has 0 aliphatic heterocycles. The zero-order valence-corrected chi connectivity index (χ0v) is 16.5. The van der Waals surface area contributed by atoms with Gasteiger partial charge < -0.3 is 10.1 Å². The minimum Gasteiger partial charge on any atom is -0.462 e. The molecular formula is C22H25N3O3. The van der Waals surface area contributed by atoms with Gasteiger partial charge in [-0.25, -0.2) is 9.78 Å². The third-order valence-electron chi connectivity index (χ3n) is 4.41. The molecule has 6 heteroatoms. The van der Waals surface area contributed by atoms with Crippen LogP contribution in [-0.4, -0.2) is 27.9 Å². The number of carbonyl (C=O) groups is 2. The number of amides is 1. The summed E-state index contributed by atoms with van der Waals surface area (Å²) in [6.07, 6.45) is 4.22. The number of pyridine rings is 1. The van der Waals surface area contributed by atoms with Gasteiger partial charge in [0, 0.05) is 11.9 Å². The highest BCUT2D eigenvalue weighted by molar-refractivity contribution is 6.05. The summed E-state index contributed by atoms with van der Waals surface area (Å²) in [6.45, 7) is 6.35. The standard InChI is InChI=1S/C22H25N3O3/c1-4-8-18-19(25-12-7-9-15(3)20(25)24-18)21(26)23-17-11-6-10-16(14-17)22(27)28-13-5-2/h6-7,9-12,14H,4-5,8,13H2,1-3H3,(H,23,26). The van der Waals surface area contributed by atoms with Crippen LogP contribution in [0.25, 0.3) is 5.65 Å². The molecule has 0 spiro atoms. The number of ether oxygens (including phenoxy) is 1. The number of aryl methyl sites for hydroxylation is 2. The second-order valence-corrected chi connectivity index (χ2v) is 6.71. The van der Waals surface area contributed by atoms with Crippen molar-refractivity contribution in [1.29, 1.82) is 0 Å². The fourth-order valence-electron chi connectivity index (χ4n) is 3.09. The molecule has 1 amide bonds. The van der Waals surface area contributed by atoms with E-state index >= 15 is 0 Å². The average molecular weight is 379 g/mol. The molecule has 1 aromatic carbocycles. The fraction of sp³-hybridized carbons (Fsp3) is 0.318. The van der Waals surface area contributed by atoms with Crippen molar-refractivity contribution >= 4 is 23.2 Å². The Labute approximate surface area is 164 Å². The predicted molar refractivity (Wildman–Crippen MR) is 109 cm³/mol. The summed E-state index contributed by atoms with van der Waals surface area (Å²) >= 11 is 0. The summed E-state index contributed by atoms with van der Waals surface area (Å²) in [4.78, 5) is 29.8. The van der Waals surface area contributed by atoms with Gasteiger partial charge in [-0.05, 0) is 49.6 Å². The van der Waals surface area contributed by atoms with E-state index in [0.29, 0.717) is 30.0 Å². The fourth-order valence-corrected chi connectivity index (χ4v) is 3.09. The van der Waals surface area contributed by atoms with Crippen LogP contribution in [0.15, 0.2) is 42.6 Å². The predicted octanol–water partition coefficient (Wildman–Crippen LogP) is 4.41. The lowest BCUT2D eigenvalue weighted by molar-refractivity contribution is 0.0505.